The van der Waals surface area contributed by atoms with Crippen molar-refractivity contribution in [2.75, 3.05) is 17.2 Å². The van der Waals surface area contributed by atoms with E-state index in [4.69, 9.17) is 0 Å². The standard InChI is InChI=1S/C14H22N6/c1-5-16-13-11(3)14(19-12(4)18-13)17-10(2)8-20-7-6-15-9-20/h6-7,9-10H,5,8H2,1-4H3,(H2,16,17,18,19). The van der Waals surface area contributed by atoms with Crippen LogP contribution >= 0.6 is 0 Å². The van der Waals surface area contributed by atoms with Crippen LogP contribution in [0.25, 0.3) is 0 Å². The largest absolute Gasteiger partial charge is 0.370 e. The van der Waals surface area contributed by atoms with Crippen molar-refractivity contribution < 1.29 is 0 Å². The fraction of sp³-hybridized carbons (Fsp3) is 0.500. The van der Waals surface area contributed by atoms with Gasteiger partial charge in [0.1, 0.15) is 17.5 Å². The van der Waals surface area contributed by atoms with Crippen molar-refractivity contribution in [1.29, 1.82) is 0 Å². The predicted octanol–water partition coefficient (Wildman–Crippen LogP) is 2.22. The summed E-state index contributed by atoms with van der Waals surface area (Å²) in [6.07, 6.45) is 5.57. The Labute approximate surface area is 119 Å². The maximum atomic E-state index is 4.50. The Morgan fingerprint density at radius 2 is 2.00 bits per heavy atom. The SMILES string of the molecule is CCNc1nc(C)nc(NC(C)Cn2ccnc2)c1C. The molecule has 2 aromatic rings. The van der Waals surface area contributed by atoms with Gasteiger partial charge in [0.25, 0.3) is 0 Å². The maximum absolute atomic E-state index is 4.50. The molecule has 6 nitrogen and oxygen atoms in total. The first-order valence-electron chi connectivity index (χ1n) is 6.91. The van der Waals surface area contributed by atoms with Crippen molar-refractivity contribution in [3.8, 4) is 0 Å². The van der Waals surface area contributed by atoms with E-state index in [1.807, 2.05) is 30.9 Å². The molecule has 0 spiro atoms. The lowest BCUT2D eigenvalue weighted by Crippen LogP contribution is -2.23. The lowest BCUT2D eigenvalue weighted by Gasteiger charge is -2.18. The van der Waals surface area contributed by atoms with E-state index < -0.39 is 0 Å². The van der Waals surface area contributed by atoms with Crippen molar-refractivity contribution in [1.82, 2.24) is 19.5 Å². The highest BCUT2D eigenvalue weighted by Gasteiger charge is 2.11. The van der Waals surface area contributed by atoms with Crippen LogP contribution in [-0.2, 0) is 6.54 Å². The van der Waals surface area contributed by atoms with Gasteiger partial charge < -0.3 is 15.2 Å². The Bertz CT molecular complexity index is 549. The number of nitrogens with zero attached hydrogens (tertiary/aromatic N) is 4. The molecule has 0 aliphatic carbocycles. The van der Waals surface area contributed by atoms with Crippen molar-refractivity contribution in [3.05, 3.63) is 30.1 Å². The minimum absolute atomic E-state index is 0.256. The number of rotatable bonds is 6. The van der Waals surface area contributed by atoms with Crippen molar-refractivity contribution in [3.63, 3.8) is 0 Å². The number of anilines is 2. The number of aromatic nitrogens is 4. The van der Waals surface area contributed by atoms with Crippen LogP contribution in [0.5, 0.6) is 0 Å². The minimum Gasteiger partial charge on any atom is -0.370 e. The Balaban J connectivity index is 2.11. The molecule has 0 bridgehead atoms. The van der Waals surface area contributed by atoms with Crippen molar-refractivity contribution in [2.45, 2.75) is 40.3 Å². The first-order chi connectivity index (χ1) is 9.60. The molecular formula is C14H22N6. The third-order valence-corrected chi connectivity index (χ3v) is 3.03. The summed E-state index contributed by atoms with van der Waals surface area (Å²) >= 11 is 0. The van der Waals surface area contributed by atoms with Crippen molar-refractivity contribution in [2.24, 2.45) is 0 Å². The summed E-state index contributed by atoms with van der Waals surface area (Å²) < 4.78 is 2.05. The molecule has 0 aromatic carbocycles. The van der Waals surface area contributed by atoms with Gasteiger partial charge in [0.05, 0.1) is 6.33 Å². The molecule has 0 amide bonds. The zero-order chi connectivity index (χ0) is 14.5. The van der Waals surface area contributed by atoms with E-state index >= 15 is 0 Å². The molecule has 108 valence electrons. The van der Waals surface area contributed by atoms with Crippen LogP contribution in [0.4, 0.5) is 11.6 Å². The molecule has 0 aliphatic heterocycles. The third kappa shape index (κ3) is 3.46. The van der Waals surface area contributed by atoms with Crippen LogP contribution in [0.2, 0.25) is 0 Å². The second kappa shape index (κ2) is 6.36. The van der Waals surface area contributed by atoms with E-state index in [-0.39, 0.29) is 6.04 Å². The Hall–Kier alpha value is -2.11. The van der Waals surface area contributed by atoms with E-state index in [2.05, 4.69) is 39.4 Å². The van der Waals surface area contributed by atoms with Gasteiger partial charge in [-0.3, -0.25) is 0 Å². The molecule has 2 N–H and O–H groups in total. The molecule has 2 rings (SSSR count). The van der Waals surface area contributed by atoms with Gasteiger partial charge in [-0.1, -0.05) is 0 Å². The number of aryl methyl sites for hydroxylation is 1. The highest BCUT2D eigenvalue weighted by Crippen LogP contribution is 2.20. The fourth-order valence-electron chi connectivity index (χ4n) is 2.10. The molecule has 0 fully saturated rings. The Morgan fingerprint density at radius 1 is 1.25 bits per heavy atom. The normalized spacial score (nSPS) is 12.2. The quantitative estimate of drug-likeness (QED) is 0.845. The molecule has 0 radical (unpaired) electrons. The molecule has 2 heterocycles. The highest BCUT2D eigenvalue weighted by atomic mass is 15.1. The lowest BCUT2D eigenvalue weighted by molar-refractivity contribution is 0.616. The van der Waals surface area contributed by atoms with Gasteiger partial charge in [0.15, 0.2) is 0 Å². The highest BCUT2D eigenvalue weighted by molar-refractivity contribution is 5.57. The summed E-state index contributed by atoms with van der Waals surface area (Å²) in [5, 5.41) is 6.72. The van der Waals surface area contributed by atoms with Gasteiger partial charge >= 0.3 is 0 Å². The number of nitrogens with one attached hydrogen (secondary N) is 2. The second-order valence-electron chi connectivity index (χ2n) is 4.93. The van der Waals surface area contributed by atoms with E-state index in [9.17, 15) is 0 Å². The summed E-state index contributed by atoms with van der Waals surface area (Å²) in [6, 6.07) is 0.256. The zero-order valence-electron chi connectivity index (χ0n) is 12.5. The van der Waals surface area contributed by atoms with Gasteiger partial charge in [-0.15, -0.1) is 0 Å². The van der Waals surface area contributed by atoms with Gasteiger partial charge in [-0.05, 0) is 27.7 Å². The summed E-state index contributed by atoms with van der Waals surface area (Å²) in [7, 11) is 0. The first-order valence-corrected chi connectivity index (χ1v) is 6.91. The molecule has 20 heavy (non-hydrogen) atoms. The molecule has 6 heteroatoms. The molecule has 2 aromatic heterocycles. The number of imidazole rings is 1. The van der Waals surface area contributed by atoms with Gasteiger partial charge in [0.2, 0.25) is 0 Å². The summed E-state index contributed by atoms with van der Waals surface area (Å²) in [6.45, 7) is 9.82. The molecular weight excluding hydrogens is 252 g/mol. The van der Waals surface area contributed by atoms with E-state index in [0.29, 0.717) is 0 Å². The van der Waals surface area contributed by atoms with Crippen LogP contribution in [-0.4, -0.2) is 32.1 Å². The summed E-state index contributed by atoms with van der Waals surface area (Å²) in [5.41, 5.74) is 1.05. The molecule has 0 saturated carbocycles. The number of hydrogen-bond donors (Lipinski definition) is 2. The molecule has 1 unspecified atom stereocenters. The monoisotopic (exact) mass is 274 g/mol. The van der Waals surface area contributed by atoms with Crippen molar-refractivity contribution >= 4 is 11.6 Å². The lowest BCUT2D eigenvalue weighted by atomic mass is 10.2. The predicted molar refractivity (Wildman–Crippen MR) is 81.0 cm³/mol. The third-order valence-electron chi connectivity index (χ3n) is 3.03. The number of hydrogen-bond acceptors (Lipinski definition) is 5. The van der Waals surface area contributed by atoms with Gasteiger partial charge in [-0.2, -0.15) is 0 Å². The van der Waals surface area contributed by atoms with Crippen LogP contribution in [0, 0.1) is 13.8 Å². The van der Waals surface area contributed by atoms with Gasteiger partial charge in [0, 0.05) is 37.1 Å². The summed E-state index contributed by atoms with van der Waals surface area (Å²) in [4.78, 5) is 13.0. The fourth-order valence-corrected chi connectivity index (χ4v) is 2.10. The van der Waals surface area contributed by atoms with Crippen LogP contribution in [0.15, 0.2) is 18.7 Å². The molecule has 0 aliphatic rings. The average Bonchev–Trinajstić information content (AvgIpc) is 2.88. The minimum atomic E-state index is 0.256. The van der Waals surface area contributed by atoms with Crippen LogP contribution in [0.3, 0.4) is 0 Å². The second-order valence-corrected chi connectivity index (χ2v) is 4.93. The van der Waals surface area contributed by atoms with E-state index in [1.165, 1.54) is 0 Å². The smallest absolute Gasteiger partial charge is 0.135 e. The molecule has 0 saturated heterocycles. The van der Waals surface area contributed by atoms with E-state index in [1.54, 1.807) is 6.20 Å². The van der Waals surface area contributed by atoms with E-state index in [0.717, 1.165) is 36.1 Å². The first kappa shape index (κ1) is 14.3. The topological polar surface area (TPSA) is 67.7 Å². The Morgan fingerprint density at radius 3 is 2.65 bits per heavy atom. The van der Waals surface area contributed by atoms with Crippen LogP contribution < -0.4 is 10.6 Å². The maximum Gasteiger partial charge on any atom is 0.135 e. The van der Waals surface area contributed by atoms with Gasteiger partial charge in [-0.25, -0.2) is 15.0 Å². The zero-order valence-corrected chi connectivity index (χ0v) is 12.5. The van der Waals surface area contributed by atoms with Crippen LogP contribution in [0.1, 0.15) is 25.2 Å². The average molecular weight is 274 g/mol. The summed E-state index contributed by atoms with van der Waals surface area (Å²) in [5.74, 6) is 2.56. The molecule has 1 atom stereocenters. The Kier molecular flexibility index (Phi) is 4.55.